The third-order valence-corrected chi connectivity index (χ3v) is 7.14. The molecule has 0 aromatic heterocycles. The van der Waals surface area contributed by atoms with Gasteiger partial charge < -0.3 is 14.7 Å². The summed E-state index contributed by atoms with van der Waals surface area (Å²) < 4.78 is 33.5. The largest absolute Gasteiger partial charge is 0.491 e. The smallest absolute Gasteiger partial charge is 0.335 e. The molecular formula is C30H30F2N2O4. The summed E-state index contributed by atoms with van der Waals surface area (Å²) in [5.41, 5.74) is 4.00. The average Bonchev–Trinajstić information content (AvgIpc) is 3.31. The van der Waals surface area contributed by atoms with Crippen LogP contribution in [0.1, 0.15) is 54.6 Å². The Morgan fingerprint density at radius 3 is 2.39 bits per heavy atom. The van der Waals surface area contributed by atoms with Gasteiger partial charge in [-0.3, -0.25) is 4.90 Å². The SMILES string of the molecule is CC(C)Oc1ccc(-c2ccc(F)c(F)c2)c(CN2CCC3(CC2)CC(c2ccc(C(=O)O)cc2)=NO3)c1. The van der Waals surface area contributed by atoms with Crippen molar-refractivity contribution in [2.45, 2.75) is 51.4 Å². The molecule has 0 aliphatic carbocycles. The van der Waals surface area contributed by atoms with Gasteiger partial charge in [0.2, 0.25) is 0 Å². The van der Waals surface area contributed by atoms with Gasteiger partial charge in [-0.25, -0.2) is 13.6 Å². The van der Waals surface area contributed by atoms with Crippen LogP contribution in [0.2, 0.25) is 0 Å². The maximum atomic E-state index is 14.0. The highest BCUT2D eigenvalue weighted by Crippen LogP contribution is 2.37. The van der Waals surface area contributed by atoms with Crippen LogP contribution in [0.3, 0.4) is 0 Å². The van der Waals surface area contributed by atoms with Gasteiger partial charge in [0, 0.05) is 38.9 Å². The molecule has 2 aliphatic rings. The van der Waals surface area contributed by atoms with Crippen LogP contribution >= 0.6 is 0 Å². The van der Waals surface area contributed by atoms with Gasteiger partial charge >= 0.3 is 5.97 Å². The quantitative estimate of drug-likeness (QED) is 0.397. The van der Waals surface area contributed by atoms with Crippen LogP contribution in [0.25, 0.3) is 11.1 Å². The molecule has 5 rings (SSSR count). The molecule has 3 aromatic rings. The Morgan fingerprint density at radius 2 is 1.74 bits per heavy atom. The number of nitrogens with zero attached hydrogens (tertiary/aromatic N) is 2. The molecule has 0 radical (unpaired) electrons. The first-order valence-electron chi connectivity index (χ1n) is 12.8. The molecule has 198 valence electrons. The zero-order valence-corrected chi connectivity index (χ0v) is 21.4. The molecule has 2 heterocycles. The molecule has 1 saturated heterocycles. The first-order valence-corrected chi connectivity index (χ1v) is 12.8. The molecule has 0 atom stereocenters. The minimum absolute atomic E-state index is 0.0147. The number of oxime groups is 1. The summed E-state index contributed by atoms with van der Waals surface area (Å²) >= 11 is 0. The molecule has 1 fully saturated rings. The average molecular weight is 521 g/mol. The lowest BCUT2D eigenvalue weighted by atomic mass is 9.85. The van der Waals surface area contributed by atoms with Crippen molar-refractivity contribution in [1.82, 2.24) is 4.90 Å². The molecule has 6 nitrogen and oxygen atoms in total. The van der Waals surface area contributed by atoms with Gasteiger partial charge in [-0.1, -0.05) is 29.4 Å². The standard InChI is InChI=1S/C30H30F2N2O4/c1-19(2)37-24-8-9-25(22-7-10-26(31)27(32)16-22)23(15-24)18-34-13-11-30(12-14-34)17-28(33-38-30)20-3-5-21(6-4-20)29(35)36/h3-10,15-16,19H,11-14,17-18H2,1-2H3,(H,35,36). The minimum Gasteiger partial charge on any atom is -0.491 e. The molecule has 0 unspecified atom stereocenters. The van der Waals surface area contributed by atoms with Crippen molar-refractivity contribution in [2.24, 2.45) is 5.16 Å². The van der Waals surface area contributed by atoms with Crippen molar-refractivity contribution in [3.63, 3.8) is 0 Å². The molecule has 38 heavy (non-hydrogen) atoms. The summed E-state index contributed by atoms with van der Waals surface area (Å²) in [5, 5.41) is 13.5. The second-order valence-corrected chi connectivity index (χ2v) is 10.3. The fraction of sp³-hybridized carbons (Fsp3) is 0.333. The van der Waals surface area contributed by atoms with E-state index in [1.807, 2.05) is 32.0 Å². The molecule has 0 bridgehead atoms. The van der Waals surface area contributed by atoms with E-state index in [9.17, 15) is 13.6 Å². The fourth-order valence-electron chi connectivity index (χ4n) is 5.10. The third kappa shape index (κ3) is 5.55. The van der Waals surface area contributed by atoms with E-state index >= 15 is 0 Å². The maximum absolute atomic E-state index is 14.0. The molecule has 1 N–H and O–H groups in total. The highest BCUT2D eigenvalue weighted by Gasteiger charge is 2.42. The van der Waals surface area contributed by atoms with E-state index in [0.717, 1.165) is 60.1 Å². The lowest BCUT2D eigenvalue weighted by Gasteiger charge is -2.37. The van der Waals surface area contributed by atoms with Gasteiger partial charge in [-0.05, 0) is 72.5 Å². The lowest BCUT2D eigenvalue weighted by Crippen LogP contribution is -2.44. The molecule has 0 saturated carbocycles. The van der Waals surface area contributed by atoms with E-state index in [1.165, 1.54) is 6.07 Å². The summed E-state index contributed by atoms with van der Waals surface area (Å²) in [6, 6.07) is 16.4. The molecule has 0 amide bonds. The Morgan fingerprint density at radius 1 is 1.03 bits per heavy atom. The van der Waals surface area contributed by atoms with Crippen molar-refractivity contribution >= 4 is 11.7 Å². The van der Waals surface area contributed by atoms with Crippen molar-refractivity contribution < 1.29 is 28.3 Å². The van der Waals surface area contributed by atoms with Crippen molar-refractivity contribution in [3.8, 4) is 16.9 Å². The highest BCUT2D eigenvalue weighted by molar-refractivity contribution is 6.02. The van der Waals surface area contributed by atoms with E-state index in [-0.39, 0.29) is 17.3 Å². The minimum atomic E-state index is -0.959. The number of likely N-dealkylation sites (tertiary alicyclic amines) is 1. The number of ether oxygens (including phenoxy) is 1. The van der Waals surface area contributed by atoms with Gasteiger partial charge in [0.05, 0.1) is 17.4 Å². The Hall–Kier alpha value is -3.78. The van der Waals surface area contributed by atoms with E-state index in [1.54, 1.807) is 30.3 Å². The Bertz CT molecular complexity index is 1360. The molecule has 2 aliphatic heterocycles. The first-order chi connectivity index (χ1) is 18.2. The predicted octanol–water partition coefficient (Wildman–Crippen LogP) is 6.28. The third-order valence-electron chi connectivity index (χ3n) is 7.14. The van der Waals surface area contributed by atoms with E-state index in [4.69, 9.17) is 14.7 Å². The predicted molar refractivity (Wildman–Crippen MR) is 140 cm³/mol. The summed E-state index contributed by atoms with van der Waals surface area (Å²) in [6.07, 6.45) is 2.26. The normalized spacial score (nSPS) is 16.9. The number of halogens is 2. The van der Waals surface area contributed by atoms with Gasteiger partial charge in [0.25, 0.3) is 0 Å². The van der Waals surface area contributed by atoms with Gasteiger partial charge in [0.1, 0.15) is 11.4 Å². The van der Waals surface area contributed by atoms with Crippen molar-refractivity contribution in [3.05, 3.63) is 89.0 Å². The van der Waals surface area contributed by atoms with Crippen molar-refractivity contribution in [2.75, 3.05) is 13.1 Å². The van der Waals surface area contributed by atoms with Crippen LogP contribution in [0.4, 0.5) is 8.78 Å². The number of carboxylic acid groups (broad SMARTS) is 1. The lowest BCUT2D eigenvalue weighted by molar-refractivity contribution is -0.0626. The number of carbonyl (C=O) groups is 1. The van der Waals surface area contributed by atoms with Gasteiger partial charge in [-0.15, -0.1) is 0 Å². The van der Waals surface area contributed by atoms with Crippen LogP contribution in [0.5, 0.6) is 5.75 Å². The molecule has 3 aromatic carbocycles. The number of piperidine rings is 1. The summed E-state index contributed by atoms with van der Waals surface area (Å²) in [7, 11) is 0. The second kappa shape index (κ2) is 10.5. The van der Waals surface area contributed by atoms with Crippen LogP contribution in [0, 0.1) is 11.6 Å². The summed E-state index contributed by atoms with van der Waals surface area (Å²) in [5.74, 6) is -1.96. The Labute approximate surface area is 220 Å². The maximum Gasteiger partial charge on any atom is 0.335 e. The zero-order valence-electron chi connectivity index (χ0n) is 21.4. The number of benzene rings is 3. The Balaban J connectivity index is 1.28. The van der Waals surface area contributed by atoms with E-state index in [0.29, 0.717) is 18.5 Å². The van der Waals surface area contributed by atoms with E-state index in [2.05, 4.69) is 10.1 Å². The van der Waals surface area contributed by atoms with Crippen LogP contribution in [0.15, 0.2) is 65.8 Å². The van der Waals surface area contributed by atoms with Crippen LogP contribution < -0.4 is 4.74 Å². The van der Waals surface area contributed by atoms with Gasteiger partial charge in [-0.2, -0.15) is 0 Å². The van der Waals surface area contributed by atoms with Gasteiger partial charge in [0.15, 0.2) is 11.6 Å². The number of hydrogen-bond acceptors (Lipinski definition) is 5. The molecule has 1 spiro atoms. The summed E-state index contributed by atoms with van der Waals surface area (Å²) in [6.45, 7) is 6.13. The highest BCUT2D eigenvalue weighted by atomic mass is 19.2. The number of aromatic carboxylic acids is 1. The Kier molecular flexibility index (Phi) is 7.17. The zero-order chi connectivity index (χ0) is 26.9. The second-order valence-electron chi connectivity index (χ2n) is 10.3. The topological polar surface area (TPSA) is 71.4 Å². The number of carboxylic acids is 1. The monoisotopic (exact) mass is 520 g/mol. The molecule has 8 heteroatoms. The van der Waals surface area contributed by atoms with Crippen molar-refractivity contribution in [1.29, 1.82) is 0 Å². The van der Waals surface area contributed by atoms with E-state index < -0.39 is 17.6 Å². The van der Waals surface area contributed by atoms with Crippen LogP contribution in [-0.4, -0.2) is 46.5 Å². The fourth-order valence-corrected chi connectivity index (χ4v) is 5.10. The molecular weight excluding hydrogens is 490 g/mol. The summed E-state index contributed by atoms with van der Waals surface area (Å²) in [4.78, 5) is 19.4. The number of hydrogen-bond donors (Lipinski definition) is 1. The first kappa shape index (κ1) is 25.9. The number of rotatable bonds is 7. The van der Waals surface area contributed by atoms with Crippen LogP contribution in [-0.2, 0) is 11.4 Å².